The van der Waals surface area contributed by atoms with Crippen LogP contribution >= 0.6 is 0 Å². The number of hydrogen-bond acceptors (Lipinski definition) is 3. The highest BCUT2D eigenvalue weighted by Crippen LogP contribution is 2.63. The van der Waals surface area contributed by atoms with Gasteiger partial charge in [0.1, 0.15) is 0 Å². The van der Waals surface area contributed by atoms with Crippen molar-refractivity contribution in [2.24, 2.45) is 28.6 Å². The quantitative estimate of drug-likeness (QED) is 0.707. The topological polar surface area (TPSA) is 39.4 Å². The van der Waals surface area contributed by atoms with Crippen LogP contribution in [-0.2, 0) is 16.0 Å². The Morgan fingerprint density at radius 3 is 2.79 bits per heavy atom. The molecule has 0 saturated heterocycles. The molecule has 0 aliphatic heterocycles. The Morgan fingerprint density at radius 1 is 1.33 bits per heavy atom. The van der Waals surface area contributed by atoms with Crippen LogP contribution in [-0.4, -0.2) is 13.1 Å². The fourth-order valence-corrected chi connectivity index (χ4v) is 5.86. The van der Waals surface area contributed by atoms with Crippen molar-refractivity contribution in [2.45, 2.75) is 65.7 Å². The zero-order chi connectivity index (χ0) is 17.4. The maximum Gasteiger partial charge on any atom is 0.309 e. The zero-order valence-electron chi connectivity index (χ0n) is 15.6. The van der Waals surface area contributed by atoms with Gasteiger partial charge in [0.25, 0.3) is 0 Å². The number of rotatable bonds is 4. The van der Waals surface area contributed by atoms with Crippen molar-refractivity contribution in [3.05, 3.63) is 24.2 Å². The Bertz CT molecular complexity index is 564. The van der Waals surface area contributed by atoms with Gasteiger partial charge >= 0.3 is 5.97 Å². The highest BCUT2D eigenvalue weighted by molar-refractivity contribution is 5.73. The number of furan rings is 1. The summed E-state index contributed by atoms with van der Waals surface area (Å²) < 4.78 is 10.4. The Kier molecular flexibility index (Phi) is 4.81. The Morgan fingerprint density at radius 2 is 2.12 bits per heavy atom. The van der Waals surface area contributed by atoms with E-state index in [1.54, 1.807) is 13.4 Å². The first-order chi connectivity index (χ1) is 11.4. The van der Waals surface area contributed by atoms with Crippen LogP contribution in [0.25, 0.3) is 0 Å². The summed E-state index contributed by atoms with van der Waals surface area (Å²) in [6, 6.07) is 2.08. The number of esters is 1. The summed E-state index contributed by atoms with van der Waals surface area (Å²) in [5, 5.41) is 0. The molecule has 3 nitrogen and oxygen atoms in total. The molecule has 134 valence electrons. The largest absolute Gasteiger partial charge is 0.472 e. The Hall–Kier alpha value is -1.25. The van der Waals surface area contributed by atoms with Gasteiger partial charge in [0.05, 0.1) is 25.6 Å². The van der Waals surface area contributed by atoms with E-state index in [-0.39, 0.29) is 22.7 Å². The minimum absolute atomic E-state index is 0.00828. The van der Waals surface area contributed by atoms with Gasteiger partial charge in [-0.2, -0.15) is 0 Å². The summed E-state index contributed by atoms with van der Waals surface area (Å²) in [6.45, 7) is 7.25. The molecule has 0 radical (unpaired) electrons. The molecule has 0 amide bonds. The van der Waals surface area contributed by atoms with E-state index in [1.807, 2.05) is 6.26 Å². The summed E-state index contributed by atoms with van der Waals surface area (Å²) in [5.74, 6) is 1.37. The molecule has 1 aromatic heterocycles. The molecule has 0 N–H and O–H groups in total. The maximum absolute atomic E-state index is 12.4. The molecule has 2 fully saturated rings. The fraction of sp³-hybridized carbons (Fsp3) is 0.762. The van der Waals surface area contributed by atoms with Crippen LogP contribution in [0.2, 0.25) is 0 Å². The van der Waals surface area contributed by atoms with E-state index < -0.39 is 0 Å². The van der Waals surface area contributed by atoms with Crippen molar-refractivity contribution in [2.75, 3.05) is 7.11 Å². The lowest BCUT2D eigenvalue weighted by atomic mass is 9.44. The molecule has 0 bridgehead atoms. The van der Waals surface area contributed by atoms with Crippen LogP contribution in [0.3, 0.4) is 0 Å². The Balaban J connectivity index is 1.86. The van der Waals surface area contributed by atoms with Crippen molar-refractivity contribution in [1.29, 1.82) is 0 Å². The number of carbonyl (C=O) groups excluding carboxylic acids is 1. The van der Waals surface area contributed by atoms with Gasteiger partial charge in [-0.3, -0.25) is 4.79 Å². The molecule has 3 rings (SSSR count). The van der Waals surface area contributed by atoms with E-state index in [9.17, 15) is 4.79 Å². The van der Waals surface area contributed by atoms with Crippen LogP contribution in [0.4, 0.5) is 0 Å². The molecule has 2 aliphatic carbocycles. The molecule has 5 atom stereocenters. The van der Waals surface area contributed by atoms with Crippen LogP contribution in [0.15, 0.2) is 23.0 Å². The average molecular weight is 332 g/mol. The van der Waals surface area contributed by atoms with E-state index >= 15 is 0 Å². The third kappa shape index (κ3) is 2.80. The lowest BCUT2D eigenvalue weighted by Gasteiger charge is -2.60. The summed E-state index contributed by atoms with van der Waals surface area (Å²) in [7, 11) is 1.54. The van der Waals surface area contributed by atoms with E-state index in [0.29, 0.717) is 11.8 Å². The minimum atomic E-state index is 0.00828. The van der Waals surface area contributed by atoms with E-state index in [2.05, 4.69) is 26.8 Å². The van der Waals surface area contributed by atoms with Gasteiger partial charge in [0, 0.05) is 0 Å². The second-order valence-electron chi connectivity index (χ2n) is 8.64. The van der Waals surface area contributed by atoms with Gasteiger partial charge in [0.2, 0.25) is 0 Å². The standard InChI is InChI=1S/C21H32O3/c1-15-8-11-21(3)17(19(22)23-4)6-5-7-18(21)20(15,2)12-9-16-10-13-24-14-16/h10,13-15,17-18H,5-9,11-12H2,1-4H3/t15-,17+,18-,20+,21+/m0/s1. The molecule has 3 heteroatoms. The first-order valence-corrected chi connectivity index (χ1v) is 9.50. The van der Waals surface area contributed by atoms with Crippen LogP contribution in [0.5, 0.6) is 0 Å². The zero-order valence-corrected chi connectivity index (χ0v) is 15.6. The molecule has 1 aromatic rings. The van der Waals surface area contributed by atoms with Gasteiger partial charge in [-0.15, -0.1) is 0 Å². The molecule has 24 heavy (non-hydrogen) atoms. The van der Waals surface area contributed by atoms with Crippen molar-refractivity contribution < 1.29 is 13.9 Å². The maximum atomic E-state index is 12.4. The Labute approximate surface area is 146 Å². The summed E-state index contributed by atoms with van der Waals surface area (Å²) in [6.07, 6.45) is 11.6. The van der Waals surface area contributed by atoms with Crippen LogP contribution in [0, 0.1) is 28.6 Å². The summed E-state index contributed by atoms with van der Waals surface area (Å²) >= 11 is 0. The second-order valence-corrected chi connectivity index (χ2v) is 8.64. The number of aryl methyl sites for hydroxylation is 1. The molecule has 2 saturated carbocycles. The third-order valence-electron chi connectivity index (χ3n) is 7.63. The lowest BCUT2D eigenvalue weighted by Crippen LogP contribution is -2.54. The normalized spacial score (nSPS) is 39.2. The third-order valence-corrected chi connectivity index (χ3v) is 7.63. The minimum Gasteiger partial charge on any atom is -0.472 e. The summed E-state index contributed by atoms with van der Waals surface area (Å²) in [4.78, 5) is 12.4. The number of hydrogen-bond donors (Lipinski definition) is 0. The van der Waals surface area contributed by atoms with E-state index in [0.717, 1.165) is 25.7 Å². The molecule has 0 spiro atoms. The van der Waals surface area contributed by atoms with Crippen LogP contribution < -0.4 is 0 Å². The van der Waals surface area contributed by atoms with Crippen molar-refractivity contribution in [1.82, 2.24) is 0 Å². The first kappa shape index (κ1) is 17.6. The van der Waals surface area contributed by atoms with Crippen LogP contribution in [0.1, 0.15) is 64.9 Å². The van der Waals surface area contributed by atoms with Gasteiger partial charge in [0.15, 0.2) is 0 Å². The van der Waals surface area contributed by atoms with Gasteiger partial charge in [-0.1, -0.05) is 27.2 Å². The number of carbonyl (C=O) groups is 1. The molecule has 0 aromatic carbocycles. The smallest absolute Gasteiger partial charge is 0.309 e. The monoisotopic (exact) mass is 332 g/mol. The highest BCUT2D eigenvalue weighted by Gasteiger charge is 2.57. The summed E-state index contributed by atoms with van der Waals surface area (Å²) in [5.41, 5.74) is 1.65. The predicted octanol–water partition coefficient (Wildman–Crippen LogP) is 5.24. The predicted molar refractivity (Wildman–Crippen MR) is 94.5 cm³/mol. The number of fused-ring (bicyclic) bond motifs is 1. The molecular formula is C21H32O3. The molecular weight excluding hydrogens is 300 g/mol. The number of ether oxygens (including phenoxy) is 1. The van der Waals surface area contributed by atoms with Gasteiger partial charge < -0.3 is 9.15 Å². The highest BCUT2D eigenvalue weighted by atomic mass is 16.5. The van der Waals surface area contributed by atoms with Crippen molar-refractivity contribution in [3.63, 3.8) is 0 Å². The lowest BCUT2D eigenvalue weighted by molar-refractivity contribution is -0.167. The number of methoxy groups -OCH3 is 1. The first-order valence-electron chi connectivity index (χ1n) is 9.50. The van der Waals surface area contributed by atoms with Gasteiger partial charge in [-0.05, 0) is 72.8 Å². The fourth-order valence-electron chi connectivity index (χ4n) is 5.86. The molecule has 2 aliphatic rings. The SMILES string of the molecule is COC(=O)[C@H]1CCC[C@@H]2[C@]1(C)CC[C@H](C)[C@@]2(C)CCc1ccoc1. The average Bonchev–Trinajstić information content (AvgIpc) is 3.09. The van der Waals surface area contributed by atoms with Gasteiger partial charge in [-0.25, -0.2) is 0 Å². The molecule has 1 heterocycles. The van der Waals surface area contributed by atoms with Crippen molar-refractivity contribution >= 4 is 5.97 Å². The van der Waals surface area contributed by atoms with E-state index in [4.69, 9.17) is 9.15 Å². The molecule has 0 unspecified atom stereocenters. The van der Waals surface area contributed by atoms with E-state index in [1.165, 1.54) is 24.8 Å². The van der Waals surface area contributed by atoms with Crippen molar-refractivity contribution in [3.8, 4) is 0 Å². The second kappa shape index (κ2) is 6.57.